The normalized spacial score (nSPS) is 26.4. The molecule has 0 saturated heterocycles. The van der Waals surface area contributed by atoms with E-state index in [0.29, 0.717) is 19.4 Å². The molecule has 2 rings (SSSR count). The Hall–Kier alpha value is -1.59. The molecule has 0 heterocycles. The minimum Gasteiger partial charge on any atom is -0.465 e. The summed E-state index contributed by atoms with van der Waals surface area (Å²) in [6.07, 6.45) is -0.0691. The number of aliphatic hydroxyl groups is 1. The van der Waals surface area contributed by atoms with Crippen molar-refractivity contribution in [1.82, 2.24) is 5.32 Å². The third-order valence-corrected chi connectivity index (χ3v) is 3.24. The van der Waals surface area contributed by atoms with E-state index in [1.165, 1.54) is 0 Å². The molecule has 0 radical (unpaired) electrons. The van der Waals surface area contributed by atoms with Crippen molar-refractivity contribution in [3.05, 3.63) is 35.9 Å². The van der Waals surface area contributed by atoms with Gasteiger partial charge in [0, 0.05) is 0 Å². The SMILES string of the molecule is O=C(O)N[C@]1(CO)C[C@H](OCc2ccccc2)C1. The van der Waals surface area contributed by atoms with Crippen molar-refractivity contribution in [2.24, 2.45) is 0 Å². The summed E-state index contributed by atoms with van der Waals surface area (Å²) in [7, 11) is 0. The van der Waals surface area contributed by atoms with Crippen LogP contribution in [0.1, 0.15) is 18.4 Å². The Balaban J connectivity index is 1.77. The lowest BCUT2D eigenvalue weighted by Gasteiger charge is -2.45. The first kappa shape index (κ1) is 12.9. The molecule has 1 saturated carbocycles. The first-order chi connectivity index (χ1) is 8.63. The molecule has 5 nitrogen and oxygen atoms in total. The molecular weight excluding hydrogens is 234 g/mol. The fourth-order valence-corrected chi connectivity index (χ4v) is 2.22. The number of nitrogens with one attached hydrogen (secondary N) is 1. The lowest BCUT2D eigenvalue weighted by Crippen LogP contribution is -2.62. The van der Waals surface area contributed by atoms with Crippen molar-refractivity contribution in [1.29, 1.82) is 0 Å². The Kier molecular flexibility index (Phi) is 3.84. The van der Waals surface area contributed by atoms with E-state index >= 15 is 0 Å². The highest BCUT2D eigenvalue weighted by Gasteiger charge is 2.45. The molecule has 1 aliphatic rings. The van der Waals surface area contributed by atoms with Gasteiger partial charge < -0.3 is 20.3 Å². The molecule has 0 aliphatic heterocycles. The van der Waals surface area contributed by atoms with E-state index in [0.717, 1.165) is 5.56 Å². The molecule has 0 spiro atoms. The van der Waals surface area contributed by atoms with Gasteiger partial charge in [0.25, 0.3) is 0 Å². The highest BCUT2D eigenvalue weighted by atomic mass is 16.5. The van der Waals surface area contributed by atoms with Crippen LogP contribution >= 0.6 is 0 Å². The third-order valence-electron chi connectivity index (χ3n) is 3.24. The van der Waals surface area contributed by atoms with E-state index in [2.05, 4.69) is 5.32 Å². The molecule has 0 unspecified atom stereocenters. The summed E-state index contributed by atoms with van der Waals surface area (Å²) >= 11 is 0. The van der Waals surface area contributed by atoms with Crippen LogP contribution in [0.2, 0.25) is 0 Å². The number of hydrogen-bond donors (Lipinski definition) is 3. The second-order valence-corrected chi connectivity index (χ2v) is 4.70. The van der Waals surface area contributed by atoms with E-state index in [1.807, 2.05) is 30.3 Å². The molecule has 1 aromatic rings. The third kappa shape index (κ3) is 3.00. The second kappa shape index (κ2) is 5.37. The number of aliphatic hydroxyl groups excluding tert-OH is 1. The van der Waals surface area contributed by atoms with Crippen LogP contribution in [0.4, 0.5) is 4.79 Å². The van der Waals surface area contributed by atoms with E-state index < -0.39 is 11.6 Å². The van der Waals surface area contributed by atoms with Gasteiger partial charge in [0.2, 0.25) is 0 Å². The van der Waals surface area contributed by atoms with Gasteiger partial charge in [-0.1, -0.05) is 30.3 Å². The van der Waals surface area contributed by atoms with Crippen molar-refractivity contribution >= 4 is 6.09 Å². The van der Waals surface area contributed by atoms with E-state index in [1.54, 1.807) is 0 Å². The van der Waals surface area contributed by atoms with E-state index in [4.69, 9.17) is 9.84 Å². The monoisotopic (exact) mass is 251 g/mol. The van der Waals surface area contributed by atoms with Crippen molar-refractivity contribution in [2.75, 3.05) is 6.61 Å². The molecule has 0 aromatic heterocycles. The summed E-state index contributed by atoms with van der Waals surface area (Å²) in [4.78, 5) is 10.6. The summed E-state index contributed by atoms with van der Waals surface area (Å²) in [6, 6.07) is 9.80. The minimum absolute atomic E-state index is 0.00389. The van der Waals surface area contributed by atoms with Gasteiger partial charge in [-0.25, -0.2) is 4.79 Å². The number of rotatable bonds is 5. The quantitative estimate of drug-likeness (QED) is 0.738. The van der Waals surface area contributed by atoms with Crippen LogP contribution in [-0.4, -0.2) is 34.6 Å². The summed E-state index contributed by atoms with van der Waals surface area (Å²) in [5.41, 5.74) is 0.373. The Labute approximate surface area is 105 Å². The van der Waals surface area contributed by atoms with E-state index in [9.17, 15) is 9.90 Å². The van der Waals surface area contributed by atoms with Crippen LogP contribution in [0.3, 0.4) is 0 Å². The van der Waals surface area contributed by atoms with Crippen molar-refractivity contribution in [3.8, 4) is 0 Å². The van der Waals surface area contributed by atoms with Crippen LogP contribution in [0.5, 0.6) is 0 Å². The number of ether oxygens (including phenoxy) is 1. The molecule has 1 aromatic carbocycles. The van der Waals surface area contributed by atoms with Crippen molar-refractivity contribution in [2.45, 2.75) is 31.1 Å². The smallest absolute Gasteiger partial charge is 0.405 e. The maximum atomic E-state index is 10.6. The van der Waals surface area contributed by atoms with E-state index in [-0.39, 0.29) is 12.7 Å². The van der Waals surface area contributed by atoms with Gasteiger partial charge in [-0.2, -0.15) is 0 Å². The topological polar surface area (TPSA) is 78.8 Å². The number of carbonyl (C=O) groups is 1. The number of amides is 1. The average Bonchev–Trinajstić information content (AvgIpc) is 2.32. The van der Waals surface area contributed by atoms with Gasteiger partial charge in [-0.15, -0.1) is 0 Å². The Morgan fingerprint density at radius 1 is 1.39 bits per heavy atom. The van der Waals surface area contributed by atoms with Crippen LogP contribution in [0.15, 0.2) is 30.3 Å². The molecule has 1 fully saturated rings. The summed E-state index contributed by atoms with van der Waals surface area (Å²) < 4.78 is 5.66. The zero-order valence-corrected chi connectivity index (χ0v) is 10.0. The molecule has 98 valence electrons. The van der Waals surface area contributed by atoms with Gasteiger partial charge in [-0.05, 0) is 18.4 Å². The van der Waals surface area contributed by atoms with Gasteiger partial charge in [0.1, 0.15) is 0 Å². The Morgan fingerprint density at radius 2 is 2.06 bits per heavy atom. The minimum atomic E-state index is -1.11. The standard InChI is InChI=1S/C13H17NO4/c15-9-13(14-12(16)17)6-11(7-13)18-8-10-4-2-1-3-5-10/h1-5,11,14-15H,6-9H2,(H,16,17)/t11-,13+. The number of benzene rings is 1. The molecule has 18 heavy (non-hydrogen) atoms. The van der Waals surface area contributed by atoms with Crippen molar-refractivity contribution in [3.63, 3.8) is 0 Å². The second-order valence-electron chi connectivity index (χ2n) is 4.70. The number of hydrogen-bond acceptors (Lipinski definition) is 3. The largest absolute Gasteiger partial charge is 0.465 e. The van der Waals surface area contributed by atoms with Gasteiger partial charge in [0.15, 0.2) is 0 Å². The highest BCUT2D eigenvalue weighted by Crippen LogP contribution is 2.34. The van der Waals surface area contributed by atoms with Crippen LogP contribution in [0.25, 0.3) is 0 Å². The molecule has 5 heteroatoms. The zero-order chi connectivity index (χ0) is 13.0. The van der Waals surface area contributed by atoms with Crippen molar-refractivity contribution < 1.29 is 19.7 Å². The zero-order valence-electron chi connectivity index (χ0n) is 10.0. The Morgan fingerprint density at radius 3 is 2.61 bits per heavy atom. The van der Waals surface area contributed by atoms with Crippen LogP contribution < -0.4 is 5.32 Å². The molecule has 3 N–H and O–H groups in total. The fourth-order valence-electron chi connectivity index (χ4n) is 2.22. The summed E-state index contributed by atoms with van der Waals surface area (Å²) in [5, 5.41) is 20.2. The molecule has 0 bridgehead atoms. The Bertz CT molecular complexity index is 401. The lowest BCUT2D eigenvalue weighted by atomic mass is 9.75. The predicted molar refractivity (Wildman–Crippen MR) is 65.2 cm³/mol. The average molecular weight is 251 g/mol. The van der Waals surface area contributed by atoms with Gasteiger partial charge in [0.05, 0.1) is 24.9 Å². The molecular formula is C13H17NO4. The summed E-state index contributed by atoms with van der Waals surface area (Å²) in [5.74, 6) is 0. The molecule has 1 aliphatic carbocycles. The maximum absolute atomic E-state index is 10.6. The van der Waals surface area contributed by atoms with Gasteiger partial charge in [-0.3, -0.25) is 0 Å². The van der Waals surface area contributed by atoms with Gasteiger partial charge >= 0.3 is 6.09 Å². The van der Waals surface area contributed by atoms with Crippen LogP contribution in [-0.2, 0) is 11.3 Å². The molecule has 1 amide bonds. The highest BCUT2D eigenvalue weighted by molar-refractivity contribution is 5.66. The predicted octanol–water partition coefficient (Wildman–Crippen LogP) is 1.36. The maximum Gasteiger partial charge on any atom is 0.405 e. The van der Waals surface area contributed by atoms with Crippen LogP contribution in [0, 0.1) is 0 Å². The first-order valence-corrected chi connectivity index (χ1v) is 5.91. The molecule has 0 atom stereocenters. The number of carboxylic acid groups (broad SMARTS) is 1. The fraction of sp³-hybridized carbons (Fsp3) is 0.462. The lowest BCUT2D eigenvalue weighted by molar-refractivity contribution is -0.0773. The summed E-state index contributed by atoms with van der Waals surface area (Å²) in [6.45, 7) is 0.324. The first-order valence-electron chi connectivity index (χ1n) is 5.91.